The van der Waals surface area contributed by atoms with Crippen LogP contribution in [0.3, 0.4) is 0 Å². The highest BCUT2D eigenvalue weighted by Crippen LogP contribution is 2.38. The fourth-order valence-corrected chi connectivity index (χ4v) is 3.84. The second kappa shape index (κ2) is 7.25. The van der Waals surface area contributed by atoms with E-state index in [2.05, 4.69) is 6.92 Å². The molecule has 0 atom stereocenters. The highest BCUT2D eigenvalue weighted by Gasteiger charge is 2.22. The summed E-state index contributed by atoms with van der Waals surface area (Å²) < 4.78 is 27.5. The normalized spacial score (nSPS) is 21.3. The summed E-state index contributed by atoms with van der Waals surface area (Å²) in [6.45, 7) is 2.25. The molecule has 0 bridgehead atoms. The molecule has 2 aromatic carbocycles. The van der Waals surface area contributed by atoms with E-state index in [0.29, 0.717) is 11.5 Å². The lowest BCUT2D eigenvalue weighted by atomic mass is 9.77. The van der Waals surface area contributed by atoms with Crippen LogP contribution in [0.2, 0.25) is 0 Å². The van der Waals surface area contributed by atoms with Crippen LogP contribution >= 0.6 is 0 Å². The van der Waals surface area contributed by atoms with Crippen LogP contribution in [0.5, 0.6) is 0 Å². The standard InChI is InChI=1S/C21H24F2/c1-2-3-15-4-6-16(7-5-15)18-10-13-20(21(23)14-18)17-8-11-19(22)12-9-17/h8-16H,2-7H2,1H3. The second-order valence-corrected chi connectivity index (χ2v) is 6.75. The van der Waals surface area contributed by atoms with Crippen LogP contribution < -0.4 is 0 Å². The second-order valence-electron chi connectivity index (χ2n) is 6.75. The predicted octanol–water partition coefficient (Wildman–Crippen LogP) is 6.71. The van der Waals surface area contributed by atoms with Crippen LogP contribution in [-0.2, 0) is 0 Å². The minimum absolute atomic E-state index is 0.204. The van der Waals surface area contributed by atoms with Gasteiger partial charge in [-0.15, -0.1) is 0 Å². The topological polar surface area (TPSA) is 0 Å². The molecule has 0 heterocycles. The Morgan fingerprint density at radius 2 is 1.61 bits per heavy atom. The van der Waals surface area contributed by atoms with Crippen molar-refractivity contribution in [2.24, 2.45) is 5.92 Å². The summed E-state index contributed by atoms with van der Waals surface area (Å²) in [6.07, 6.45) is 7.45. The zero-order chi connectivity index (χ0) is 16.2. The maximum Gasteiger partial charge on any atom is 0.131 e. The van der Waals surface area contributed by atoms with Crippen molar-refractivity contribution in [2.45, 2.75) is 51.4 Å². The lowest BCUT2D eigenvalue weighted by Crippen LogP contribution is -2.13. The SMILES string of the molecule is CCCC1CCC(c2ccc(-c3ccc(F)cc3)c(F)c2)CC1. The minimum Gasteiger partial charge on any atom is -0.207 e. The third-order valence-corrected chi connectivity index (χ3v) is 5.16. The van der Waals surface area contributed by atoms with E-state index in [1.54, 1.807) is 18.2 Å². The van der Waals surface area contributed by atoms with E-state index in [4.69, 9.17) is 0 Å². The van der Waals surface area contributed by atoms with Crippen molar-refractivity contribution >= 4 is 0 Å². The number of halogens is 2. The fraction of sp³-hybridized carbons (Fsp3) is 0.429. The molecule has 0 radical (unpaired) electrons. The van der Waals surface area contributed by atoms with Gasteiger partial charge in [0.25, 0.3) is 0 Å². The number of hydrogen-bond acceptors (Lipinski definition) is 0. The van der Waals surface area contributed by atoms with Gasteiger partial charge in [-0.05, 0) is 66.8 Å². The molecular formula is C21H24F2. The smallest absolute Gasteiger partial charge is 0.131 e. The zero-order valence-corrected chi connectivity index (χ0v) is 13.7. The number of benzene rings is 2. The summed E-state index contributed by atoms with van der Waals surface area (Å²) in [4.78, 5) is 0. The van der Waals surface area contributed by atoms with Gasteiger partial charge in [0.2, 0.25) is 0 Å². The van der Waals surface area contributed by atoms with Crippen molar-refractivity contribution in [3.05, 3.63) is 59.7 Å². The Morgan fingerprint density at radius 1 is 0.913 bits per heavy atom. The quantitative estimate of drug-likeness (QED) is 0.588. The van der Waals surface area contributed by atoms with Gasteiger partial charge >= 0.3 is 0 Å². The third kappa shape index (κ3) is 3.80. The monoisotopic (exact) mass is 314 g/mol. The molecule has 122 valence electrons. The Morgan fingerprint density at radius 3 is 2.22 bits per heavy atom. The van der Waals surface area contributed by atoms with E-state index in [0.717, 1.165) is 17.0 Å². The van der Waals surface area contributed by atoms with Crippen molar-refractivity contribution in [1.29, 1.82) is 0 Å². The lowest BCUT2D eigenvalue weighted by Gasteiger charge is -2.28. The van der Waals surface area contributed by atoms with Crippen molar-refractivity contribution < 1.29 is 8.78 Å². The van der Waals surface area contributed by atoms with Gasteiger partial charge in [-0.3, -0.25) is 0 Å². The molecule has 1 fully saturated rings. The van der Waals surface area contributed by atoms with Gasteiger partial charge in [-0.1, -0.05) is 44.0 Å². The molecule has 0 aliphatic heterocycles. The number of rotatable bonds is 4. The van der Waals surface area contributed by atoms with Crippen molar-refractivity contribution in [3.8, 4) is 11.1 Å². The van der Waals surface area contributed by atoms with Crippen LogP contribution in [-0.4, -0.2) is 0 Å². The van der Waals surface area contributed by atoms with E-state index in [-0.39, 0.29) is 11.6 Å². The first kappa shape index (κ1) is 16.2. The van der Waals surface area contributed by atoms with Gasteiger partial charge in [0.15, 0.2) is 0 Å². The molecule has 2 aromatic rings. The summed E-state index contributed by atoms with van der Waals surface area (Å²) >= 11 is 0. The molecule has 1 saturated carbocycles. The first-order valence-corrected chi connectivity index (χ1v) is 8.72. The average molecular weight is 314 g/mol. The summed E-state index contributed by atoms with van der Waals surface area (Å²) in [6, 6.07) is 11.6. The molecule has 0 N–H and O–H groups in total. The van der Waals surface area contributed by atoms with Crippen molar-refractivity contribution in [1.82, 2.24) is 0 Å². The molecule has 23 heavy (non-hydrogen) atoms. The molecule has 2 heteroatoms. The van der Waals surface area contributed by atoms with Crippen LogP contribution in [0.1, 0.15) is 56.9 Å². The van der Waals surface area contributed by atoms with Crippen molar-refractivity contribution in [3.63, 3.8) is 0 Å². The Balaban J connectivity index is 1.74. The third-order valence-electron chi connectivity index (χ3n) is 5.16. The Bertz CT molecular complexity index is 637. The highest BCUT2D eigenvalue weighted by molar-refractivity contribution is 5.64. The molecule has 0 nitrogen and oxygen atoms in total. The van der Waals surface area contributed by atoms with Gasteiger partial charge in [-0.2, -0.15) is 0 Å². The van der Waals surface area contributed by atoms with Crippen molar-refractivity contribution in [2.75, 3.05) is 0 Å². The predicted molar refractivity (Wildman–Crippen MR) is 91.4 cm³/mol. The van der Waals surface area contributed by atoms with E-state index < -0.39 is 0 Å². The number of hydrogen-bond donors (Lipinski definition) is 0. The summed E-state index contributed by atoms with van der Waals surface area (Å²) in [5.74, 6) is 0.846. The van der Waals surface area contributed by atoms with Crippen LogP contribution in [0.4, 0.5) is 8.78 Å². The molecule has 1 aliphatic carbocycles. The molecule has 0 spiro atoms. The molecule has 1 aliphatic rings. The maximum absolute atomic E-state index is 14.5. The van der Waals surface area contributed by atoms with Gasteiger partial charge < -0.3 is 0 Å². The largest absolute Gasteiger partial charge is 0.207 e. The summed E-state index contributed by atoms with van der Waals surface area (Å²) in [5, 5.41) is 0. The van der Waals surface area contributed by atoms with E-state index in [1.807, 2.05) is 12.1 Å². The Kier molecular flexibility index (Phi) is 5.09. The Hall–Kier alpha value is -1.70. The summed E-state index contributed by atoms with van der Waals surface area (Å²) in [7, 11) is 0. The Labute approximate surface area is 137 Å². The van der Waals surface area contributed by atoms with Crippen LogP contribution in [0.15, 0.2) is 42.5 Å². The first-order chi connectivity index (χ1) is 11.2. The zero-order valence-electron chi connectivity index (χ0n) is 13.7. The highest BCUT2D eigenvalue weighted by atomic mass is 19.1. The van der Waals surface area contributed by atoms with Crippen LogP contribution in [0, 0.1) is 17.6 Å². The van der Waals surface area contributed by atoms with Gasteiger partial charge in [0, 0.05) is 5.56 Å². The van der Waals surface area contributed by atoms with E-state index in [1.165, 1.54) is 50.7 Å². The van der Waals surface area contributed by atoms with Gasteiger partial charge in [0.05, 0.1) is 0 Å². The molecule has 3 rings (SSSR count). The summed E-state index contributed by atoms with van der Waals surface area (Å²) in [5.41, 5.74) is 2.39. The van der Waals surface area contributed by atoms with E-state index in [9.17, 15) is 8.78 Å². The fourth-order valence-electron chi connectivity index (χ4n) is 3.84. The molecule has 0 amide bonds. The average Bonchev–Trinajstić information content (AvgIpc) is 2.57. The lowest BCUT2D eigenvalue weighted by molar-refractivity contribution is 0.308. The van der Waals surface area contributed by atoms with E-state index >= 15 is 0 Å². The van der Waals surface area contributed by atoms with Gasteiger partial charge in [0.1, 0.15) is 11.6 Å². The van der Waals surface area contributed by atoms with Crippen LogP contribution in [0.25, 0.3) is 11.1 Å². The maximum atomic E-state index is 14.5. The molecule has 0 unspecified atom stereocenters. The molecule has 0 aromatic heterocycles. The molecule has 0 saturated heterocycles. The molecular weight excluding hydrogens is 290 g/mol. The first-order valence-electron chi connectivity index (χ1n) is 8.72. The minimum atomic E-state index is -0.297. The van der Waals surface area contributed by atoms with Gasteiger partial charge in [-0.25, -0.2) is 8.78 Å².